The van der Waals surface area contributed by atoms with E-state index in [9.17, 15) is 0 Å². The van der Waals surface area contributed by atoms with Crippen molar-refractivity contribution < 1.29 is 0 Å². The zero-order valence-electron chi connectivity index (χ0n) is 8.89. The van der Waals surface area contributed by atoms with Gasteiger partial charge in [-0.1, -0.05) is 27.7 Å². The van der Waals surface area contributed by atoms with Gasteiger partial charge in [0, 0.05) is 0 Å². The van der Waals surface area contributed by atoms with E-state index in [1.807, 2.05) is 11.8 Å². The average Bonchev–Trinajstić information content (AvgIpc) is 1.95. The Kier molecular flexibility index (Phi) is 6.02. The standard InChI is InChI=1S/C10H23NS/c1-5-12-7-6-9(8-11)10(2,3)4/h9H,5-8,11H2,1-4H3. The third kappa shape index (κ3) is 5.04. The van der Waals surface area contributed by atoms with E-state index in [-0.39, 0.29) is 0 Å². The van der Waals surface area contributed by atoms with E-state index in [0.29, 0.717) is 11.3 Å². The van der Waals surface area contributed by atoms with E-state index in [0.717, 1.165) is 6.54 Å². The molecule has 0 saturated carbocycles. The molecule has 0 fully saturated rings. The molecule has 0 spiro atoms. The minimum absolute atomic E-state index is 0.378. The van der Waals surface area contributed by atoms with Gasteiger partial charge in [0.05, 0.1) is 0 Å². The van der Waals surface area contributed by atoms with Crippen LogP contribution in [0.15, 0.2) is 0 Å². The van der Waals surface area contributed by atoms with Gasteiger partial charge in [-0.15, -0.1) is 0 Å². The van der Waals surface area contributed by atoms with Crippen molar-refractivity contribution in [3.05, 3.63) is 0 Å². The van der Waals surface area contributed by atoms with Gasteiger partial charge in [0.1, 0.15) is 0 Å². The van der Waals surface area contributed by atoms with Gasteiger partial charge < -0.3 is 5.73 Å². The van der Waals surface area contributed by atoms with Gasteiger partial charge in [-0.05, 0) is 35.8 Å². The lowest BCUT2D eigenvalue weighted by Crippen LogP contribution is -2.28. The van der Waals surface area contributed by atoms with E-state index in [4.69, 9.17) is 5.73 Å². The van der Waals surface area contributed by atoms with Crippen LogP contribution in [0.3, 0.4) is 0 Å². The van der Waals surface area contributed by atoms with Crippen molar-refractivity contribution in [2.24, 2.45) is 17.1 Å². The highest BCUT2D eigenvalue weighted by Gasteiger charge is 2.22. The lowest BCUT2D eigenvalue weighted by molar-refractivity contribution is 0.242. The third-order valence-electron chi connectivity index (χ3n) is 2.32. The molecular formula is C10H23NS. The van der Waals surface area contributed by atoms with Gasteiger partial charge in [0.2, 0.25) is 0 Å². The first-order chi connectivity index (χ1) is 5.52. The SMILES string of the molecule is CCSCCC(CN)C(C)(C)C. The summed E-state index contributed by atoms with van der Waals surface area (Å²) in [7, 11) is 0. The van der Waals surface area contributed by atoms with Crippen LogP contribution < -0.4 is 5.73 Å². The lowest BCUT2D eigenvalue weighted by atomic mass is 9.79. The number of hydrogen-bond acceptors (Lipinski definition) is 2. The van der Waals surface area contributed by atoms with Crippen LogP contribution in [0, 0.1) is 11.3 Å². The Morgan fingerprint density at radius 1 is 1.33 bits per heavy atom. The topological polar surface area (TPSA) is 26.0 Å². The number of hydrogen-bond donors (Lipinski definition) is 1. The highest BCUT2D eigenvalue weighted by Crippen LogP contribution is 2.28. The summed E-state index contributed by atoms with van der Waals surface area (Å²) in [6.07, 6.45) is 1.26. The first kappa shape index (κ1) is 12.3. The van der Waals surface area contributed by atoms with Gasteiger partial charge in [-0.3, -0.25) is 0 Å². The Morgan fingerprint density at radius 3 is 2.25 bits per heavy atom. The Bertz CT molecular complexity index is 107. The predicted octanol–water partition coefficient (Wildman–Crippen LogP) is 2.75. The molecule has 0 aliphatic rings. The summed E-state index contributed by atoms with van der Waals surface area (Å²) >= 11 is 2.01. The van der Waals surface area contributed by atoms with E-state index in [1.165, 1.54) is 17.9 Å². The Balaban J connectivity index is 3.68. The first-order valence-corrected chi connectivity index (χ1v) is 5.95. The van der Waals surface area contributed by atoms with Crippen molar-refractivity contribution in [2.75, 3.05) is 18.1 Å². The number of thioether (sulfide) groups is 1. The molecule has 0 heterocycles. The van der Waals surface area contributed by atoms with Crippen molar-refractivity contribution in [3.63, 3.8) is 0 Å². The fourth-order valence-corrected chi connectivity index (χ4v) is 2.01. The number of rotatable bonds is 5. The van der Waals surface area contributed by atoms with Crippen LogP contribution in [0.1, 0.15) is 34.1 Å². The van der Waals surface area contributed by atoms with Crippen LogP contribution in [-0.2, 0) is 0 Å². The summed E-state index contributed by atoms with van der Waals surface area (Å²) in [5.41, 5.74) is 6.11. The number of nitrogens with two attached hydrogens (primary N) is 1. The van der Waals surface area contributed by atoms with Crippen LogP contribution in [0.4, 0.5) is 0 Å². The van der Waals surface area contributed by atoms with Crippen LogP contribution in [0.25, 0.3) is 0 Å². The van der Waals surface area contributed by atoms with Crippen LogP contribution in [0.5, 0.6) is 0 Å². The summed E-state index contributed by atoms with van der Waals surface area (Å²) in [5, 5.41) is 0. The van der Waals surface area contributed by atoms with Gasteiger partial charge in [-0.2, -0.15) is 11.8 Å². The molecule has 0 aliphatic carbocycles. The fourth-order valence-electron chi connectivity index (χ4n) is 1.27. The van der Waals surface area contributed by atoms with Crippen molar-refractivity contribution in [3.8, 4) is 0 Å². The van der Waals surface area contributed by atoms with E-state index < -0.39 is 0 Å². The molecule has 0 aromatic carbocycles. The van der Waals surface area contributed by atoms with Crippen molar-refractivity contribution in [2.45, 2.75) is 34.1 Å². The summed E-state index contributed by atoms with van der Waals surface area (Å²) in [6, 6.07) is 0. The smallest absolute Gasteiger partial charge is 0.00436 e. The van der Waals surface area contributed by atoms with E-state index in [1.54, 1.807) is 0 Å². The predicted molar refractivity (Wildman–Crippen MR) is 59.6 cm³/mol. The molecular weight excluding hydrogens is 166 g/mol. The molecule has 1 unspecified atom stereocenters. The molecule has 0 saturated heterocycles. The van der Waals surface area contributed by atoms with Crippen LogP contribution in [0.2, 0.25) is 0 Å². The molecule has 1 atom stereocenters. The second-order valence-electron chi connectivity index (χ2n) is 4.28. The average molecular weight is 189 g/mol. The fraction of sp³-hybridized carbons (Fsp3) is 1.00. The summed E-state index contributed by atoms with van der Waals surface area (Å²) < 4.78 is 0. The van der Waals surface area contributed by atoms with Crippen molar-refractivity contribution in [1.82, 2.24) is 0 Å². The molecule has 2 heteroatoms. The van der Waals surface area contributed by atoms with Gasteiger partial charge in [0.15, 0.2) is 0 Å². The molecule has 12 heavy (non-hydrogen) atoms. The van der Waals surface area contributed by atoms with Crippen LogP contribution >= 0.6 is 11.8 Å². The Hall–Kier alpha value is 0.310. The zero-order chi connectivity index (χ0) is 9.61. The Morgan fingerprint density at radius 2 is 1.92 bits per heavy atom. The maximum Gasteiger partial charge on any atom is -0.00436 e. The summed E-state index contributed by atoms with van der Waals surface area (Å²) in [5.74, 6) is 3.16. The molecule has 0 aromatic heterocycles. The van der Waals surface area contributed by atoms with Gasteiger partial charge in [-0.25, -0.2) is 0 Å². The molecule has 74 valence electrons. The minimum atomic E-state index is 0.378. The molecule has 0 radical (unpaired) electrons. The highest BCUT2D eigenvalue weighted by atomic mass is 32.2. The van der Waals surface area contributed by atoms with Crippen LogP contribution in [-0.4, -0.2) is 18.1 Å². The molecule has 1 nitrogen and oxygen atoms in total. The van der Waals surface area contributed by atoms with E-state index in [2.05, 4.69) is 27.7 Å². The second kappa shape index (κ2) is 5.87. The maximum absolute atomic E-state index is 5.73. The van der Waals surface area contributed by atoms with Gasteiger partial charge >= 0.3 is 0 Å². The third-order valence-corrected chi connectivity index (χ3v) is 3.26. The molecule has 0 aliphatic heterocycles. The normalized spacial score (nSPS) is 14.8. The monoisotopic (exact) mass is 189 g/mol. The van der Waals surface area contributed by atoms with Crippen molar-refractivity contribution in [1.29, 1.82) is 0 Å². The maximum atomic E-state index is 5.73. The quantitative estimate of drug-likeness (QED) is 0.673. The summed E-state index contributed by atoms with van der Waals surface area (Å²) in [6.45, 7) is 9.87. The second-order valence-corrected chi connectivity index (χ2v) is 5.68. The largest absolute Gasteiger partial charge is 0.330 e. The zero-order valence-corrected chi connectivity index (χ0v) is 9.71. The summed E-state index contributed by atoms with van der Waals surface area (Å²) in [4.78, 5) is 0. The molecule has 0 rings (SSSR count). The molecule has 2 N–H and O–H groups in total. The Labute approximate surface area is 81.5 Å². The minimum Gasteiger partial charge on any atom is -0.330 e. The van der Waals surface area contributed by atoms with Gasteiger partial charge in [0.25, 0.3) is 0 Å². The van der Waals surface area contributed by atoms with Crippen molar-refractivity contribution >= 4 is 11.8 Å². The molecule has 0 aromatic rings. The molecule has 0 bridgehead atoms. The molecule has 0 amide bonds. The first-order valence-electron chi connectivity index (χ1n) is 4.80. The lowest BCUT2D eigenvalue weighted by Gasteiger charge is -2.29. The van der Waals surface area contributed by atoms with E-state index >= 15 is 0 Å². The highest BCUT2D eigenvalue weighted by molar-refractivity contribution is 7.99.